The summed E-state index contributed by atoms with van der Waals surface area (Å²) in [4.78, 5) is 11.7. The number of amidine groups is 1. The normalized spacial score (nSPS) is 16.3. The van der Waals surface area contributed by atoms with E-state index in [1.165, 1.54) is 7.11 Å². The van der Waals surface area contributed by atoms with Crippen molar-refractivity contribution in [1.29, 1.82) is 0 Å². The van der Waals surface area contributed by atoms with E-state index in [1.807, 2.05) is 6.92 Å². The third kappa shape index (κ3) is 2.15. The number of nitrogens with two attached hydrogens (primary N) is 1. The fourth-order valence-corrected chi connectivity index (χ4v) is 1.64. The van der Waals surface area contributed by atoms with Crippen molar-refractivity contribution in [3.05, 3.63) is 10.6 Å². The number of allylic oxidation sites excluding steroid dienone is 1. The molecule has 1 aliphatic rings. The first kappa shape index (κ1) is 9.91. The Morgan fingerprint density at radius 2 is 2.46 bits per heavy atom. The van der Waals surface area contributed by atoms with Crippen LogP contribution < -0.4 is 11.2 Å². The summed E-state index contributed by atoms with van der Waals surface area (Å²) in [5, 5.41) is 4.11. The van der Waals surface area contributed by atoms with E-state index in [1.54, 1.807) is 0 Å². The minimum atomic E-state index is -0.382. The van der Waals surface area contributed by atoms with Crippen molar-refractivity contribution in [2.24, 2.45) is 10.8 Å². The van der Waals surface area contributed by atoms with E-state index in [-0.39, 0.29) is 5.97 Å². The van der Waals surface area contributed by atoms with Gasteiger partial charge in [0.15, 0.2) is 5.17 Å². The highest BCUT2D eigenvalue weighted by atomic mass is 32.2. The highest BCUT2D eigenvalue weighted by Gasteiger charge is 2.20. The van der Waals surface area contributed by atoms with E-state index in [9.17, 15) is 4.79 Å². The molecule has 1 rings (SSSR count). The van der Waals surface area contributed by atoms with Crippen molar-refractivity contribution in [1.82, 2.24) is 5.43 Å². The van der Waals surface area contributed by atoms with Gasteiger partial charge in [-0.15, -0.1) is 0 Å². The van der Waals surface area contributed by atoms with Crippen LogP contribution in [0.1, 0.15) is 13.3 Å². The van der Waals surface area contributed by atoms with Gasteiger partial charge in [-0.25, -0.2) is 4.79 Å². The number of hydrogen-bond donors (Lipinski definition) is 2. The number of nitrogens with zero attached hydrogens (tertiary/aromatic N) is 1. The van der Waals surface area contributed by atoms with Crippen LogP contribution in [0, 0.1) is 0 Å². The predicted octanol–water partition coefficient (Wildman–Crippen LogP) is 0.347. The van der Waals surface area contributed by atoms with E-state index in [0.29, 0.717) is 16.5 Å². The summed E-state index contributed by atoms with van der Waals surface area (Å²) < 4.78 is 4.60. The minimum absolute atomic E-state index is 0.317. The molecule has 0 aliphatic carbocycles. The van der Waals surface area contributed by atoms with Crippen LogP contribution in [0.25, 0.3) is 0 Å². The fourth-order valence-electron chi connectivity index (χ4n) is 0.860. The first-order chi connectivity index (χ1) is 6.19. The quantitative estimate of drug-likeness (QED) is 0.630. The molecule has 1 aliphatic heterocycles. The molecule has 0 aromatic carbocycles. The molecule has 13 heavy (non-hydrogen) atoms. The maximum absolute atomic E-state index is 11.2. The van der Waals surface area contributed by atoms with Gasteiger partial charge in [-0.05, 0) is 18.2 Å². The molecule has 0 spiro atoms. The molecular formula is C7H11N3O2S. The molecule has 0 bridgehead atoms. The Hall–Kier alpha value is -1.17. The van der Waals surface area contributed by atoms with Crippen molar-refractivity contribution in [3.63, 3.8) is 0 Å². The van der Waals surface area contributed by atoms with Crippen molar-refractivity contribution in [3.8, 4) is 0 Å². The van der Waals surface area contributed by atoms with E-state index in [0.717, 1.165) is 17.5 Å². The highest BCUT2D eigenvalue weighted by molar-refractivity contribution is 8.17. The number of esters is 1. The minimum Gasteiger partial charge on any atom is -0.465 e. The number of hydrazone groups is 1. The molecule has 3 N–H and O–H groups in total. The van der Waals surface area contributed by atoms with Gasteiger partial charge in [0.2, 0.25) is 0 Å². The number of nitrogens with one attached hydrogen (secondary N) is 1. The number of carbonyl (C=O) groups excluding carboxylic acids is 1. The third-order valence-electron chi connectivity index (χ3n) is 1.51. The zero-order valence-electron chi connectivity index (χ0n) is 7.46. The topological polar surface area (TPSA) is 76.7 Å². The summed E-state index contributed by atoms with van der Waals surface area (Å²) in [7, 11) is 1.34. The molecule has 0 radical (unpaired) electrons. The van der Waals surface area contributed by atoms with E-state index < -0.39 is 0 Å². The zero-order valence-corrected chi connectivity index (χ0v) is 8.27. The Balaban J connectivity index is 2.87. The van der Waals surface area contributed by atoms with Crippen LogP contribution in [0.5, 0.6) is 0 Å². The molecule has 0 atom stereocenters. The van der Waals surface area contributed by atoms with Crippen LogP contribution >= 0.6 is 11.8 Å². The lowest BCUT2D eigenvalue weighted by molar-refractivity contribution is -0.135. The van der Waals surface area contributed by atoms with Crippen molar-refractivity contribution >= 4 is 22.9 Å². The van der Waals surface area contributed by atoms with Gasteiger partial charge in [0.05, 0.1) is 12.8 Å². The monoisotopic (exact) mass is 201 g/mol. The molecule has 0 saturated carbocycles. The van der Waals surface area contributed by atoms with Gasteiger partial charge in [-0.2, -0.15) is 5.10 Å². The number of thioether (sulfide) groups is 1. The van der Waals surface area contributed by atoms with E-state index >= 15 is 0 Å². The molecule has 72 valence electrons. The highest BCUT2D eigenvalue weighted by Crippen LogP contribution is 2.24. The second-order valence-corrected chi connectivity index (χ2v) is 3.35. The fraction of sp³-hybridized carbons (Fsp3) is 0.429. The Morgan fingerprint density at radius 3 is 3.00 bits per heavy atom. The first-order valence-electron chi connectivity index (χ1n) is 3.77. The van der Waals surface area contributed by atoms with Gasteiger partial charge in [-0.1, -0.05) is 6.92 Å². The molecule has 5 nitrogen and oxygen atoms in total. The smallest absolute Gasteiger partial charge is 0.346 e. The van der Waals surface area contributed by atoms with E-state index in [4.69, 9.17) is 5.73 Å². The molecule has 0 aromatic rings. The molecule has 1 heterocycles. The van der Waals surface area contributed by atoms with Gasteiger partial charge in [-0.3, -0.25) is 5.43 Å². The standard InChI is InChI=1S/C7H11N3O2S/c1-3-4-5(6(11)12-2)13-7(8)10-9-4/h9H,3H2,1-2H3,(H2,8,10). The van der Waals surface area contributed by atoms with Crippen LogP contribution in [-0.2, 0) is 9.53 Å². The summed E-state index contributed by atoms with van der Waals surface area (Å²) in [5.41, 5.74) is 8.89. The van der Waals surface area contributed by atoms with E-state index in [2.05, 4.69) is 15.3 Å². The molecule has 0 amide bonds. The maximum Gasteiger partial charge on any atom is 0.346 e. The molecule has 0 unspecified atom stereocenters. The lowest BCUT2D eigenvalue weighted by Gasteiger charge is -2.15. The Bertz CT molecular complexity index is 285. The molecule has 6 heteroatoms. The van der Waals surface area contributed by atoms with Crippen molar-refractivity contribution < 1.29 is 9.53 Å². The Labute approximate surface area is 80.4 Å². The third-order valence-corrected chi connectivity index (χ3v) is 2.42. The lowest BCUT2D eigenvalue weighted by atomic mass is 10.3. The van der Waals surface area contributed by atoms with Gasteiger partial charge < -0.3 is 10.5 Å². The summed E-state index contributed by atoms with van der Waals surface area (Å²) >= 11 is 1.12. The van der Waals surface area contributed by atoms with Crippen molar-refractivity contribution in [2.45, 2.75) is 13.3 Å². The second-order valence-electron chi connectivity index (χ2n) is 2.32. The van der Waals surface area contributed by atoms with Crippen LogP contribution in [0.4, 0.5) is 0 Å². The summed E-state index contributed by atoms with van der Waals surface area (Å²) in [5.74, 6) is -0.382. The average molecular weight is 201 g/mol. The molecule has 0 saturated heterocycles. The number of ether oxygens (including phenoxy) is 1. The van der Waals surface area contributed by atoms with Crippen LogP contribution in [0.15, 0.2) is 15.7 Å². The summed E-state index contributed by atoms with van der Waals surface area (Å²) in [6.45, 7) is 1.92. The largest absolute Gasteiger partial charge is 0.465 e. The second kappa shape index (κ2) is 4.18. The SMILES string of the molecule is CCC1=C(C(=O)OC)SC(N)=NN1. The van der Waals surface area contributed by atoms with Gasteiger partial charge >= 0.3 is 5.97 Å². The zero-order chi connectivity index (χ0) is 9.84. The van der Waals surface area contributed by atoms with Crippen molar-refractivity contribution in [2.75, 3.05) is 7.11 Å². The Kier molecular flexibility index (Phi) is 3.18. The molecule has 0 fully saturated rings. The summed E-state index contributed by atoms with van der Waals surface area (Å²) in [6.07, 6.45) is 0.689. The van der Waals surface area contributed by atoms with Gasteiger partial charge in [0, 0.05) is 0 Å². The lowest BCUT2D eigenvalue weighted by Crippen LogP contribution is -2.24. The molecule has 0 aromatic heterocycles. The number of carbonyl (C=O) groups is 1. The summed E-state index contributed by atoms with van der Waals surface area (Å²) in [6, 6.07) is 0. The number of methoxy groups -OCH3 is 1. The Morgan fingerprint density at radius 1 is 1.77 bits per heavy atom. The van der Waals surface area contributed by atoms with Crippen LogP contribution in [-0.4, -0.2) is 18.2 Å². The number of hydrogen-bond acceptors (Lipinski definition) is 6. The first-order valence-corrected chi connectivity index (χ1v) is 4.59. The van der Waals surface area contributed by atoms with Gasteiger partial charge in [0.1, 0.15) is 4.91 Å². The average Bonchev–Trinajstić information content (AvgIpc) is 2.16. The predicted molar refractivity (Wildman–Crippen MR) is 51.7 cm³/mol. The number of rotatable bonds is 2. The van der Waals surface area contributed by atoms with Crippen LogP contribution in [0.2, 0.25) is 0 Å². The van der Waals surface area contributed by atoms with Gasteiger partial charge in [0.25, 0.3) is 0 Å². The maximum atomic E-state index is 11.2. The van der Waals surface area contributed by atoms with Crippen LogP contribution in [0.3, 0.4) is 0 Å². The molecular weight excluding hydrogens is 190 g/mol.